The van der Waals surface area contributed by atoms with Crippen LogP contribution in [0.2, 0.25) is 0 Å². The van der Waals surface area contributed by atoms with Gasteiger partial charge in [0, 0.05) is 36.1 Å². The highest BCUT2D eigenvalue weighted by Crippen LogP contribution is 2.45. The minimum Gasteiger partial charge on any atom is -0.495 e. The monoisotopic (exact) mass is 555 g/mol. The lowest BCUT2D eigenvalue weighted by Crippen LogP contribution is -2.29. The zero-order chi connectivity index (χ0) is 28.4. The average Bonchev–Trinajstić information content (AvgIpc) is 3.44. The number of benzene rings is 2. The summed E-state index contributed by atoms with van der Waals surface area (Å²) < 4.78 is 12.8. The number of methoxy groups -OCH3 is 2. The summed E-state index contributed by atoms with van der Waals surface area (Å²) in [6.07, 6.45) is 1.80. The fraction of sp³-hybridized carbons (Fsp3) is 0.258. The molecule has 0 unspecified atom stereocenters. The number of carbonyl (C=O) groups excluding carboxylic acids is 1. The number of pyridine rings is 1. The quantitative estimate of drug-likeness (QED) is 0.275. The highest BCUT2D eigenvalue weighted by molar-refractivity contribution is 7.80. The molecule has 206 valence electrons. The van der Waals surface area contributed by atoms with Crippen LogP contribution in [-0.4, -0.2) is 41.4 Å². The van der Waals surface area contributed by atoms with Crippen LogP contribution in [0.5, 0.6) is 5.75 Å². The minimum absolute atomic E-state index is 0.0631. The van der Waals surface area contributed by atoms with Gasteiger partial charge in [-0.3, -0.25) is 9.78 Å². The molecule has 1 fully saturated rings. The fourth-order valence-electron chi connectivity index (χ4n) is 5.46. The Hall–Kier alpha value is -4.21. The van der Waals surface area contributed by atoms with Crippen LogP contribution >= 0.6 is 12.2 Å². The molecule has 2 N–H and O–H groups in total. The number of carbonyl (C=O) groups is 1. The van der Waals surface area contributed by atoms with E-state index < -0.39 is 0 Å². The first-order valence-electron chi connectivity index (χ1n) is 13.1. The Morgan fingerprint density at radius 2 is 1.85 bits per heavy atom. The van der Waals surface area contributed by atoms with Crippen molar-refractivity contribution in [3.8, 4) is 11.4 Å². The molecular formula is C31H33N5O3S. The molecule has 0 aliphatic carbocycles. The molecular weight excluding hydrogens is 522 g/mol. The Balaban J connectivity index is 1.65. The number of aromatic nitrogens is 2. The molecule has 1 amide bonds. The molecule has 9 heteroatoms. The second-order valence-corrected chi connectivity index (χ2v) is 10.2. The topological polar surface area (TPSA) is 80.7 Å². The molecule has 1 aliphatic rings. The number of nitrogens with zero attached hydrogens (tertiary/aromatic N) is 3. The van der Waals surface area contributed by atoms with E-state index >= 15 is 0 Å². The van der Waals surface area contributed by atoms with Crippen molar-refractivity contribution in [3.05, 3.63) is 101 Å². The van der Waals surface area contributed by atoms with Gasteiger partial charge in [0.05, 0.1) is 30.6 Å². The second kappa shape index (κ2) is 11.5. The minimum atomic E-state index is -0.273. The summed E-state index contributed by atoms with van der Waals surface area (Å²) in [6.45, 7) is 6.30. The van der Waals surface area contributed by atoms with Gasteiger partial charge in [-0.15, -0.1) is 0 Å². The van der Waals surface area contributed by atoms with Crippen LogP contribution in [0, 0.1) is 20.8 Å². The van der Waals surface area contributed by atoms with E-state index in [9.17, 15) is 4.79 Å². The first-order valence-corrected chi connectivity index (χ1v) is 13.5. The largest absolute Gasteiger partial charge is 0.495 e. The first kappa shape index (κ1) is 27.4. The summed E-state index contributed by atoms with van der Waals surface area (Å²) in [4.78, 5) is 19.2. The van der Waals surface area contributed by atoms with Crippen molar-refractivity contribution in [2.45, 2.75) is 32.9 Å². The van der Waals surface area contributed by atoms with Crippen molar-refractivity contribution in [2.75, 3.05) is 31.0 Å². The van der Waals surface area contributed by atoms with Crippen molar-refractivity contribution in [2.24, 2.45) is 0 Å². The van der Waals surface area contributed by atoms with Gasteiger partial charge in [0.2, 0.25) is 5.91 Å². The van der Waals surface area contributed by atoms with E-state index in [2.05, 4.69) is 76.2 Å². The van der Waals surface area contributed by atoms with Gasteiger partial charge >= 0.3 is 0 Å². The van der Waals surface area contributed by atoms with Gasteiger partial charge in [-0.2, -0.15) is 0 Å². The number of rotatable bonds is 8. The number of hydrogen-bond acceptors (Lipinski definition) is 5. The van der Waals surface area contributed by atoms with Crippen LogP contribution in [0.15, 0.2) is 72.9 Å². The molecule has 1 aliphatic heterocycles. The van der Waals surface area contributed by atoms with Gasteiger partial charge < -0.3 is 29.6 Å². The van der Waals surface area contributed by atoms with Crippen molar-refractivity contribution in [1.82, 2.24) is 14.9 Å². The van der Waals surface area contributed by atoms with Crippen LogP contribution < -0.4 is 20.3 Å². The normalized spacial score (nSPS) is 16.6. The van der Waals surface area contributed by atoms with Gasteiger partial charge in [-0.05, 0) is 92.6 Å². The third-order valence-corrected chi connectivity index (χ3v) is 7.47. The lowest BCUT2D eigenvalue weighted by Gasteiger charge is -2.29. The van der Waals surface area contributed by atoms with E-state index in [4.69, 9.17) is 21.7 Å². The number of amides is 1. The number of thiocarbonyl (C=S) groups is 1. The van der Waals surface area contributed by atoms with Gasteiger partial charge in [-0.25, -0.2) is 0 Å². The SMILES string of the molecule is COCC(=O)Nc1cc(N2C(=S)N[C@H](c3ccccn3)[C@@H]2c2cc(C)n(-c3cccc(C)c3)c2C)ccc1OC. The number of hydrogen-bond donors (Lipinski definition) is 2. The molecule has 0 saturated carbocycles. The van der Waals surface area contributed by atoms with Crippen LogP contribution in [0.4, 0.5) is 11.4 Å². The van der Waals surface area contributed by atoms with Gasteiger partial charge in [0.1, 0.15) is 12.4 Å². The summed E-state index contributed by atoms with van der Waals surface area (Å²) in [5.74, 6) is 0.270. The van der Waals surface area contributed by atoms with Crippen LogP contribution in [0.3, 0.4) is 0 Å². The predicted octanol–water partition coefficient (Wildman–Crippen LogP) is 5.57. The zero-order valence-electron chi connectivity index (χ0n) is 23.3. The van der Waals surface area contributed by atoms with Crippen molar-refractivity contribution >= 4 is 34.6 Å². The third-order valence-electron chi connectivity index (χ3n) is 7.16. The van der Waals surface area contributed by atoms with Crippen molar-refractivity contribution in [3.63, 3.8) is 0 Å². The molecule has 40 heavy (non-hydrogen) atoms. The Morgan fingerprint density at radius 1 is 1.02 bits per heavy atom. The van der Waals surface area contributed by atoms with E-state index in [0.29, 0.717) is 16.5 Å². The highest BCUT2D eigenvalue weighted by atomic mass is 32.1. The van der Waals surface area contributed by atoms with Crippen LogP contribution in [-0.2, 0) is 9.53 Å². The molecule has 4 aromatic rings. The number of aryl methyl sites for hydroxylation is 2. The van der Waals surface area contributed by atoms with E-state index in [-0.39, 0.29) is 24.6 Å². The van der Waals surface area contributed by atoms with Crippen LogP contribution in [0.1, 0.15) is 40.3 Å². The maximum absolute atomic E-state index is 12.4. The Kier molecular flexibility index (Phi) is 7.86. The third kappa shape index (κ3) is 5.17. The number of anilines is 2. The lowest BCUT2D eigenvalue weighted by molar-refractivity contribution is -0.119. The molecule has 2 aromatic carbocycles. The van der Waals surface area contributed by atoms with Gasteiger partial charge in [0.15, 0.2) is 5.11 Å². The van der Waals surface area contributed by atoms with Gasteiger partial charge in [-0.1, -0.05) is 18.2 Å². The molecule has 0 bridgehead atoms. The zero-order valence-corrected chi connectivity index (χ0v) is 24.1. The molecule has 8 nitrogen and oxygen atoms in total. The molecule has 1 saturated heterocycles. The number of nitrogens with one attached hydrogen (secondary N) is 2. The van der Waals surface area contributed by atoms with Crippen molar-refractivity contribution < 1.29 is 14.3 Å². The van der Waals surface area contributed by atoms with Crippen molar-refractivity contribution in [1.29, 1.82) is 0 Å². The van der Waals surface area contributed by atoms with Crippen LogP contribution in [0.25, 0.3) is 5.69 Å². The molecule has 5 rings (SSSR count). The first-order chi connectivity index (χ1) is 19.3. The smallest absolute Gasteiger partial charge is 0.250 e. The summed E-state index contributed by atoms with van der Waals surface area (Å²) in [7, 11) is 3.06. The molecule has 0 radical (unpaired) electrons. The predicted molar refractivity (Wildman–Crippen MR) is 161 cm³/mol. The summed E-state index contributed by atoms with van der Waals surface area (Å²) in [5, 5.41) is 6.99. The van der Waals surface area contributed by atoms with Gasteiger partial charge in [0.25, 0.3) is 0 Å². The standard InChI is InChI=1S/C31H33N5O3S/c1-19-9-8-10-22(15-19)35-20(2)16-24(21(35)3)30-29(25-11-6-7-14-32-25)34-31(40)36(30)23-12-13-27(39-5)26(17-23)33-28(37)18-38-4/h6-17,29-30H,18H2,1-5H3,(H,33,37)(H,34,40)/t29-,30+/m1/s1. The summed E-state index contributed by atoms with van der Waals surface area (Å²) in [5.41, 5.74) is 7.92. The summed E-state index contributed by atoms with van der Waals surface area (Å²) in [6, 6.07) is 21.9. The second-order valence-electron chi connectivity index (χ2n) is 9.86. The van der Waals surface area contributed by atoms with E-state index in [1.807, 2.05) is 36.4 Å². The summed E-state index contributed by atoms with van der Waals surface area (Å²) >= 11 is 5.95. The molecule has 2 atom stereocenters. The van der Waals surface area contributed by atoms with E-state index in [1.165, 1.54) is 12.7 Å². The molecule has 2 aromatic heterocycles. The fourth-order valence-corrected chi connectivity index (χ4v) is 5.81. The molecule has 0 spiro atoms. The maximum Gasteiger partial charge on any atom is 0.250 e. The average molecular weight is 556 g/mol. The Labute approximate surface area is 239 Å². The Bertz CT molecular complexity index is 1550. The Morgan fingerprint density at radius 3 is 2.55 bits per heavy atom. The van der Waals surface area contributed by atoms with E-state index in [0.717, 1.165) is 34.0 Å². The highest BCUT2D eigenvalue weighted by Gasteiger charge is 2.42. The van der Waals surface area contributed by atoms with E-state index in [1.54, 1.807) is 13.3 Å². The lowest BCUT2D eigenvalue weighted by atomic mass is 9.96. The number of ether oxygens (including phenoxy) is 2. The maximum atomic E-state index is 12.4. The molecule has 3 heterocycles.